The van der Waals surface area contributed by atoms with Gasteiger partial charge in [0.1, 0.15) is 18.2 Å². The summed E-state index contributed by atoms with van der Waals surface area (Å²) >= 11 is -1.67. The molecule has 0 aliphatic rings. The number of urea groups is 1. The van der Waals surface area contributed by atoms with Crippen LogP contribution in [0.5, 0.6) is 5.75 Å². The van der Waals surface area contributed by atoms with Gasteiger partial charge in [0, 0.05) is 50.1 Å². The fourth-order valence-electron chi connectivity index (χ4n) is 3.85. The van der Waals surface area contributed by atoms with Crippen LogP contribution in [0.2, 0.25) is 0 Å². The summed E-state index contributed by atoms with van der Waals surface area (Å²) in [5.41, 5.74) is 3.65. The zero-order chi connectivity index (χ0) is 31.7. The Kier molecular flexibility index (Phi) is 10.7. The fraction of sp³-hybridized carbons (Fsp3) is 0.290. The van der Waals surface area contributed by atoms with Crippen LogP contribution in [0.3, 0.4) is 0 Å². The van der Waals surface area contributed by atoms with Gasteiger partial charge in [-0.15, -0.1) is 0 Å². The van der Waals surface area contributed by atoms with E-state index < -0.39 is 23.3 Å². The van der Waals surface area contributed by atoms with Gasteiger partial charge in [0.2, 0.25) is 11.2 Å². The summed E-state index contributed by atoms with van der Waals surface area (Å²) < 4.78 is 27.9. The van der Waals surface area contributed by atoms with Crippen molar-refractivity contribution in [2.45, 2.75) is 39.2 Å². The molecule has 0 aliphatic carbocycles. The van der Waals surface area contributed by atoms with Crippen molar-refractivity contribution in [3.8, 4) is 11.4 Å². The lowest BCUT2D eigenvalue weighted by Gasteiger charge is -2.14. The second kappa shape index (κ2) is 14.6. The summed E-state index contributed by atoms with van der Waals surface area (Å²) in [5.74, 6) is 1.18. The minimum Gasteiger partial charge on any atom is -0.493 e. The molecule has 4 aromatic rings. The summed E-state index contributed by atoms with van der Waals surface area (Å²) in [6.07, 6.45) is 3.51. The molecule has 12 nitrogen and oxygen atoms in total. The molecule has 4 rings (SSSR count). The molecule has 3 amide bonds. The van der Waals surface area contributed by atoms with Crippen LogP contribution in [0.1, 0.15) is 37.6 Å². The van der Waals surface area contributed by atoms with E-state index in [1.807, 2.05) is 57.3 Å². The standard InChI is InChI=1S/C31H37N7O5S/c1-31(2,3)27-19-28(38(35-27)25-12-8-23(9-13-25)21-43-30(40)36-44(41)37(4)5)34-29(39)33-24-10-14-26(15-11-24)42-18-16-22-7-6-17-32-20-22/h6-15,17,19-20H,16,18,21H2,1-5H3,(H,36,40)(H2,33,34,39). The van der Waals surface area contributed by atoms with Crippen molar-refractivity contribution >= 4 is 34.8 Å². The molecular weight excluding hydrogens is 582 g/mol. The summed E-state index contributed by atoms with van der Waals surface area (Å²) in [4.78, 5) is 29.0. The molecule has 0 bridgehead atoms. The van der Waals surface area contributed by atoms with E-state index in [1.165, 1.54) is 4.31 Å². The first-order valence-electron chi connectivity index (χ1n) is 13.9. The molecule has 3 N–H and O–H groups in total. The van der Waals surface area contributed by atoms with Crippen molar-refractivity contribution in [3.63, 3.8) is 0 Å². The van der Waals surface area contributed by atoms with Gasteiger partial charge in [-0.25, -0.2) is 27.5 Å². The predicted octanol–water partition coefficient (Wildman–Crippen LogP) is 5.20. The maximum atomic E-state index is 13.0. The number of aromatic nitrogens is 3. The molecular formula is C31H37N7O5S. The highest BCUT2D eigenvalue weighted by Crippen LogP contribution is 2.27. The molecule has 2 aromatic carbocycles. The third kappa shape index (κ3) is 9.38. The molecule has 0 radical (unpaired) electrons. The van der Waals surface area contributed by atoms with Crippen LogP contribution in [0.15, 0.2) is 79.1 Å². The Hall–Kier alpha value is -4.75. The summed E-state index contributed by atoms with van der Waals surface area (Å²) in [6, 6.07) is 19.7. The first-order valence-corrected chi connectivity index (χ1v) is 15.0. The molecule has 0 saturated carbocycles. The third-order valence-corrected chi connectivity index (χ3v) is 7.27. The van der Waals surface area contributed by atoms with E-state index in [0.717, 1.165) is 23.2 Å². The average Bonchev–Trinajstić information content (AvgIpc) is 3.42. The summed E-state index contributed by atoms with van der Waals surface area (Å²) in [6.45, 7) is 6.63. The Morgan fingerprint density at radius 1 is 0.977 bits per heavy atom. The molecule has 0 saturated heterocycles. The summed E-state index contributed by atoms with van der Waals surface area (Å²) in [5, 5.41) is 10.5. The molecule has 1 atom stereocenters. The van der Waals surface area contributed by atoms with Gasteiger partial charge >= 0.3 is 12.1 Å². The summed E-state index contributed by atoms with van der Waals surface area (Å²) in [7, 11) is 3.14. The fourth-order valence-corrected chi connectivity index (χ4v) is 4.24. The molecule has 2 heterocycles. The van der Waals surface area contributed by atoms with Gasteiger partial charge in [-0.2, -0.15) is 5.10 Å². The van der Waals surface area contributed by atoms with Gasteiger partial charge < -0.3 is 14.8 Å². The van der Waals surface area contributed by atoms with Crippen LogP contribution in [-0.4, -0.2) is 56.1 Å². The largest absolute Gasteiger partial charge is 0.493 e. The van der Waals surface area contributed by atoms with E-state index in [4.69, 9.17) is 14.6 Å². The molecule has 13 heteroatoms. The number of amides is 3. The van der Waals surface area contributed by atoms with Gasteiger partial charge in [0.25, 0.3) is 0 Å². The number of hydrogen-bond acceptors (Lipinski definition) is 7. The van der Waals surface area contributed by atoms with E-state index in [-0.39, 0.29) is 12.0 Å². The first kappa shape index (κ1) is 32.2. The Morgan fingerprint density at radius 2 is 1.70 bits per heavy atom. The number of carbonyl (C=O) groups excluding carboxylic acids is 2. The van der Waals surface area contributed by atoms with Gasteiger partial charge in [-0.05, 0) is 53.6 Å². The van der Waals surface area contributed by atoms with E-state index >= 15 is 0 Å². The van der Waals surface area contributed by atoms with Crippen molar-refractivity contribution in [3.05, 3.63) is 95.9 Å². The maximum Gasteiger partial charge on any atom is 0.420 e. The topological polar surface area (TPSA) is 140 Å². The number of hydrogen-bond donors (Lipinski definition) is 3. The molecule has 0 spiro atoms. The Morgan fingerprint density at radius 3 is 2.34 bits per heavy atom. The van der Waals surface area contributed by atoms with Crippen molar-refractivity contribution in [2.75, 3.05) is 31.3 Å². The highest BCUT2D eigenvalue weighted by Gasteiger charge is 2.22. The van der Waals surface area contributed by atoms with Crippen LogP contribution < -0.4 is 20.1 Å². The second-order valence-corrected chi connectivity index (χ2v) is 12.5. The number of ether oxygens (including phenoxy) is 2. The quantitative estimate of drug-likeness (QED) is 0.210. The second-order valence-electron chi connectivity index (χ2n) is 11.0. The van der Waals surface area contributed by atoms with Gasteiger partial charge in [-0.1, -0.05) is 39.0 Å². The zero-order valence-electron chi connectivity index (χ0n) is 25.4. The molecule has 2 aromatic heterocycles. The first-order chi connectivity index (χ1) is 21.0. The number of carbonyl (C=O) groups is 2. The van der Waals surface area contributed by atoms with Crippen molar-refractivity contribution < 1.29 is 23.3 Å². The van der Waals surface area contributed by atoms with Crippen LogP contribution in [0.25, 0.3) is 5.69 Å². The lowest BCUT2D eigenvalue weighted by molar-refractivity contribution is 0.146. The van der Waals surface area contributed by atoms with Crippen LogP contribution in [0.4, 0.5) is 21.1 Å². The van der Waals surface area contributed by atoms with Crippen molar-refractivity contribution in [1.29, 1.82) is 0 Å². The smallest absolute Gasteiger partial charge is 0.420 e. The SMILES string of the molecule is CN(C)S(=O)NC(=O)OCc1ccc(-n2nc(C(C)(C)C)cc2NC(=O)Nc2ccc(OCCc3cccnc3)cc2)cc1. The number of nitrogens with zero attached hydrogens (tertiary/aromatic N) is 4. The predicted molar refractivity (Wildman–Crippen MR) is 170 cm³/mol. The minimum absolute atomic E-state index is 0.00899. The lowest BCUT2D eigenvalue weighted by atomic mass is 9.92. The van der Waals surface area contributed by atoms with E-state index in [1.54, 1.807) is 61.4 Å². The third-order valence-electron chi connectivity index (χ3n) is 6.27. The maximum absolute atomic E-state index is 13.0. The number of nitrogens with one attached hydrogen (secondary N) is 3. The number of benzene rings is 2. The van der Waals surface area contributed by atoms with Gasteiger partial charge in [-0.3, -0.25) is 10.3 Å². The van der Waals surface area contributed by atoms with Crippen molar-refractivity contribution in [1.82, 2.24) is 23.8 Å². The van der Waals surface area contributed by atoms with E-state index in [0.29, 0.717) is 29.5 Å². The number of pyridine rings is 1. The highest BCUT2D eigenvalue weighted by molar-refractivity contribution is 7.81. The monoisotopic (exact) mass is 619 g/mol. The van der Waals surface area contributed by atoms with E-state index in [2.05, 4.69) is 20.3 Å². The molecule has 1 unspecified atom stereocenters. The van der Waals surface area contributed by atoms with Crippen LogP contribution >= 0.6 is 0 Å². The van der Waals surface area contributed by atoms with Gasteiger partial charge in [0.15, 0.2) is 0 Å². The molecule has 44 heavy (non-hydrogen) atoms. The Bertz CT molecular complexity index is 1570. The average molecular weight is 620 g/mol. The van der Waals surface area contributed by atoms with Crippen LogP contribution in [0, 0.1) is 0 Å². The molecule has 0 fully saturated rings. The van der Waals surface area contributed by atoms with Crippen molar-refractivity contribution in [2.24, 2.45) is 0 Å². The normalized spacial score (nSPS) is 12.0. The van der Waals surface area contributed by atoms with Crippen LogP contribution in [-0.2, 0) is 34.4 Å². The molecule has 232 valence electrons. The number of rotatable bonds is 11. The lowest BCUT2D eigenvalue weighted by Crippen LogP contribution is -2.34. The minimum atomic E-state index is -1.67. The Balaban J connectivity index is 1.37. The Labute approximate surface area is 259 Å². The molecule has 0 aliphatic heterocycles. The van der Waals surface area contributed by atoms with Gasteiger partial charge in [0.05, 0.1) is 18.0 Å². The highest BCUT2D eigenvalue weighted by atomic mass is 32.2. The number of anilines is 2. The van der Waals surface area contributed by atoms with E-state index in [9.17, 15) is 13.8 Å². The zero-order valence-corrected chi connectivity index (χ0v) is 26.2.